The minimum Gasteiger partial charge on any atom is -0.339 e. The smallest absolute Gasteiger partial charge is 0.226 e. The third kappa shape index (κ3) is 2.98. The van der Waals surface area contributed by atoms with Crippen LogP contribution in [-0.2, 0) is 6.42 Å². The van der Waals surface area contributed by atoms with Crippen molar-refractivity contribution in [2.45, 2.75) is 32.2 Å². The van der Waals surface area contributed by atoms with Crippen molar-refractivity contribution >= 4 is 11.8 Å². The van der Waals surface area contributed by atoms with E-state index < -0.39 is 0 Å². The minimum atomic E-state index is 0.166. The summed E-state index contributed by atoms with van der Waals surface area (Å²) in [6, 6.07) is 0.166. The first-order valence-corrected chi connectivity index (χ1v) is 7.02. The molecule has 0 amide bonds. The molecule has 0 aliphatic carbocycles. The molecule has 0 bridgehead atoms. The van der Waals surface area contributed by atoms with E-state index in [1.807, 2.05) is 25.7 Å². The Hall–Kier alpha value is -0.550. The summed E-state index contributed by atoms with van der Waals surface area (Å²) < 4.78 is 5.28. The van der Waals surface area contributed by atoms with E-state index in [0.717, 1.165) is 24.1 Å². The van der Waals surface area contributed by atoms with Gasteiger partial charge in [-0.3, -0.25) is 0 Å². The molecule has 1 aliphatic heterocycles. The normalized spacial score (nSPS) is 19.9. The molecule has 4 nitrogen and oxygen atoms in total. The predicted molar refractivity (Wildman–Crippen MR) is 65.5 cm³/mol. The first-order chi connectivity index (χ1) is 7.79. The quantitative estimate of drug-likeness (QED) is 0.874. The molecule has 0 radical (unpaired) electrons. The van der Waals surface area contributed by atoms with Gasteiger partial charge in [-0.25, -0.2) is 0 Å². The SMILES string of the molecule is CNC(C)c1noc(CC2CCSCC2)n1. The molecular formula is C11H19N3OS. The zero-order valence-electron chi connectivity index (χ0n) is 9.90. The van der Waals surface area contributed by atoms with Gasteiger partial charge in [0.1, 0.15) is 0 Å². The van der Waals surface area contributed by atoms with Gasteiger partial charge < -0.3 is 9.84 Å². The average molecular weight is 241 g/mol. The van der Waals surface area contributed by atoms with Crippen molar-refractivity contribution in [3.05, 3.63) is 11.7 Å². The molecule has 5 heteroatoms. The second-order valence-electron chi connectivity index (χ2n) is 4.32. The minimum absolute atomic E-state index is 0.166. The molecule has 1 aromatic heterocycles. The Morgan fingerprint density at radius 1 is 1.50 bits per heavy atom. The maximum atomic E-state index is 5.28. The highest BCUT2D eigenvalue weighted by molar-refractivity contribution is 7.99. The van der Waals surface area contributed by atoms with Gasteiger partial charge in [-0.15, -0.1) is 0 Å². The Morgan fingerprint density at radius 2 is 2.25 bits per heavy atom. The standard InChI is InChI=1S/C11H19N3OS/c1-8(12-2)11-13-10(15-14-11)7-9-3-5-16-6-4-9/h8-9,12H,3-7H2,1-2H3. The second kappa shape index (κ2) is 5.68. The highest BCUT2D eigenvalue weighted by atomic mass is 32.2. The average Bonchev–Trinajstić information content (AvgIpc) is 2.78. The van der Waals surface area contributed by atoms with Crippen LogP contribution in [0.1, 0.15) is 37.5 Å². The lowest BCUT2D eigenvalue weighted by Crippen LogP contribution is -2.14. The van der Waals surface area contributed by atoms with Crippen LogP contribution in [0.3, 0.4) is 0 Å². The molecule has 0 spiro atoms. The Bertz CT molecular complexity index is 323. The molecular weight excluding hydrogens is 222 g/mol. The molecule has 1 N–H and O–H groups in total. The van der Waals surface area contributed by atoms with Crippen molar-refractivity contribution in [3.63, 3.8) is 0 Å². The third-order valence-corrected chi connectivity index (χ3v) is 4.16. The van der Waals surface area contributed by atoms with Gasteiger partial charge in [0, 0.05) is 6.42 Å². The highest BCUT2D eigenvalue weighted by Crippen LogP contribution is 2.25. The molecule has 16 heavy (non-hydrogen) atoms. The van der Waals surface area contributed by atoms with Gasteiger partial charge >= 0.3 is 0 Å². The Kier molecular flexibility index (Phi) is 4.23. The van der Waals surface area contributed by atoms with Crippen LogP contribution in [0.15, 0.2) is 4.52 Å². The monoisotopic (exact) mass is 241 g/mol. The van der Waals surface area contributed by atoms with Crippen molar-refractivity contribution in [3.8, 4) is 0 Å². The number of hydrogen-bond donors (Lipinski definition) is 1. The summed E-state index contributed by atoms with van der Waals surface area (Å²) in [4.78, 5) is 4.43. The number of thioether (sulfide) groups is 1. The highest BCUT2D eigenvalue weighted by Gasteiger charge is 2.18. The van der Waals surface area contributed by atoms with Crippen LogP contribution in [0.25, 0.3) is 0 Å². The third-order valence-electron chi connectivity index (χ3n) is 3.11. The summed E-state index contributed by atoms with van der Waals surface area (Å²) >= 11 is 2.05. The Labute approximate surface area is 101 Å². The van der Waals surface area contributed by atoms with Gasteiger partial charge in [0.15, 0.2) is 5.82 Å². The van der Waals surface area contributed by atoms with Crippen LogP contribution < -0.4 is 5.32 Å². The summed E-state index contributed by atoms with van der Waals surface area (Å²) in [5.41, 5.74) is 0. The molecule has 1 aromatic rings. The Morgan fingerprint density at radius 3 is 2.94 bits per heavy atom. The van der Waals surface area contributed by atoms with Gasteiger partial charge in [-0.05, 0) is 44.2 Å². The van der Waals surface area contributed by atoms with Crippen LogP contribution in [0.4, 0.5) is 0 Å². The van der Waals surface area contributed by atoms with Crippen molar-refractivity contribution in [1.29, 1.82) is 0 Å². The van der Waals surface area contributed by atoms with E-state index in [1.165, 1.54) is 24.3 Å². The van der Waals surface area contributed by atoms with Gasteiger partial charge in [-0.2, -0.15) is 16.7 Å². The number of rotatable bonds is 4. The molecule has 1 saturated heterocycles. The summed E-state index contributed by atoms with van der Waals surface area (Å²) in [6.45, 7) is 2.03. The molecule has 2 heterocycles. The molecule has 1 aliphatic rings. The fourth-order valence-electron chi connectivity index (χ4n) is 1.85. The van der Waals surface area contributed by atoms with E-state index in [9.17, 15) is 0 Å². The van der Waals surface area contributed by atoms with Crippen molar-refractivity contribution in [1.82, 2.24) is 15.5 Å². The maximum Gasteiger partial charge on any atom is 0.226 e. The van der Waals surface area contributed by atoms with Gasteiger partial charge in [-0.1, -0.05) is 5.16 Å². The molecule has 0 aromatic carbocycles. The van der Waals surface area contributed by atoms with Crippen LogP contribution in [0, 0.1) is 5.92 Å². The molecule has 90 valence electrons. The van der Waals surface area contributed by atoms with Gasteiger partial charge in [0.05, 0.1) is 6.04 Å². The topological polar surface area (TPSA) is 51.0 Å². The first kappa shape index (κ1) is 11.9. The molecule has 1 unspecified atom stereocenters. The Balaban J connectivity index is 1.91. The molecule has 0 saturated carbocycles. The lowest BCUT2D eigenvalue weighted by atomic mass is 9.99. The van der Waals surface area contributed by atoms with Crippen LogP contribution in [0.2, 0.25) is 0 Å². The van der Waals surface area contributed by atoms with Crippen molar-refractivity contribution in [2.75, 3.05) is 18.6 Å². The van der Waals surface area contributed by atoms with Crippen LogP contribution in [0.5, 0.6) is 0 Å². The zero-order chi connectivity index (χ0) is 11.4. The van der Waals surface area contributed by atoms with Crippen LogP contribution >= 0.6 is 11.8 Å². The molecule has 1 fully saturated rings. The van der Waals surface area contributed by atoms with Crippen LogP contribution in [-0.4, -0.2) is 28.7 Å². The lowest BCUT2D eigenvalue weighted by molar-refractivity contribution is 0.339. The fourth-order valence-corrected chi connectivity index (χ4v) is 3.06. The first-order valence-electron chi connectivity index (χ1n) is 5.87. The lowest BCUT2D eigenvalue weighted by Gasteiger charge is -2.19. The number of nitrogens with one attached hydrogen (secondary N) is 1. The van der Waals surface area contributed by atoms with Crippen molar-refractivity contribution in [2.24, 2.45) is 5.92 Å². The van der Waals surface area contributed by atoms with E-state index >= 15 is 0 Å². The van der Waals surface area contributed by atoms with Gasteiger partial charge in [0.25, 0.3) is 0 Å². The molecule has 2 rings (SSSR count). The number of aromatic nitrogens is 2. The second-order valence-corrected chi connectivity index (χ2v) is 5.54. The summed E-state index contributed by atoms with van der Waals surface area (Å²) in [5, 5.41) is 7.11. The largest absolute Gasteiger partial charge is 0.339 e. The summed E-state index contributed by atoms with van der Waals surface area (Å²) in [5.74, 6) is 4.85. The van der Waals surface area contributed by atoms with Gasteiger partial charge in [0.2, 0.25) is 5.89 Å². The van der Waals surface area contributed by atoms with E-state index in [2.05, 4.69) is 15.5 Å². The number of nitrogens with zero attached hydrogens (tertiary/aromatic N) is 2. The predicted octanol–water partition coefficient (Wildman–Crippen LogP) is 2.04. The fraction of sp³-hybridized carbons (Fsp3) is 0.818. The maximum absolute atomic E-state index is 5.28. The number of hydrogen-bond acceptors (Lipinski definition) is 5. The van der Waals surface area contributed by atoms with E-state index in [4.69, 9.17) is 4.52 Å². The van der Waals surface area contributed by atoms with E-state index in [1.54, 1.807) is 0 Å². The summed E-state index contributed by atoms with van der Waals surface area (Å²) in [6.07, 6.45) is 3.51. The summed E-state index contributed by atoms with van der Waals surface area (Å²) in [7, 11) is 1.90. The van der Waals surface area contributed by atoms with Crippen molar-refractivity contribution < 1.29 is 4.52 Å². The zero-order valence-corrected chi connectivity index (χ0v) is 10.7. The van der Waals surface area contributed by atoms with E-state index in [-0.39, 0.29) is 6.04 Å². The molecule has 1 atom stereocenters. The van der Waals surface area contributed by atoms with E-state index in [0.29, 0.717) is 0 Å².